The van der Waals surface area contributed by atoms with Crippen molar-refractivity contribution in [1.29, 1.82) is 0 Å². The van der Waals surface area contributed by atoms with Crippen molar-refractivity contribution in [2.45, 2.75) is 39.5 Å². The van der Waals surface area contributed by atoms with Crippen LogP contribution in [0.1, 0.15) is 39.5 Å². The molecule has 0 radical (unpaired) electrons. The number of hydrogen-bond donors (Lipinski definition) is 1. The Bertz CT molecular complexity index is 137. The molecule has 0 aromatic carbocycles. The van der Waals surface area contributed by atoms with Crippen molar-refractivity contribution in [3.05, 3.63) is 0 Å². The third kappa shape index (κ3) is 8.10. The molecule has 1 amide bonds. The summed E-state index contributed by atoms with van der Waals surface area (Å²) in [6.07, 6.45) is 4.47. The first-order valence-electron chi connectivity index (χ1n) is 5.02. The molecule has 0 spiro atoms. The molecular weight excluding hydrogens is 186 g/mol. The average Bonchev–Trinajstić information content (AvgIpc) is 2.10. The van der Waals surface area contributed by atoms with Gasteiger partial charge in [0.1, 0.15) is 0 Å². The Balaban J connectivity index is 3.12. The van der Waals surface area contributed by atoms with Crippen molar-refractivity contribution in [1.82, 2.24) is 5.32 Å². The molecule has 0 fully saturated rings. The van der Waals surface area contributed by atoms with Crippen LogP contribution in [-0.2, 0) is 4.79 Å². The van der Waals surface area contributed by atoms with Gasteiger partial charge in [0.05, 0.1) is 0 Å². The molecule has 0 unspecified atom stereocenters. The second-order valence-corrected chi connectivity index (χ2v) is 3.93. The Morgan fingerprint density at radius 2 is 1.85 bits per heavy atom. The molecule has 13 heavy (non-hydrogen) atoms. The van der Waals surface area contributed by atoms with Gasteiger partial charge in [-0.25, -0.2) is 0 Å². The lowest BCUT2D eigenvalue weighted by molar-refractivity contribution is -0.123. The molecule has 0 atom stereocenters. The molecule has 0 aliphatic rings. The number of alkyl halides is 1. The topological polar surface area (TPSA) is 29.1 Å². The normalized spacial score (nSPS) is 10.5. The summed E-state index contributed by atoms with van der Waals surface area (Å²) in [5.74, 6) is 0.999. The summed E-state index contributed by atoms with van der Waals surface area (Å²) in [5, 5.41) is 2.89. The predicted molar refractivity (Wildman–Crippen MR) is 57.0 cm³/mol. The molecule has 0 saturated carbocycles. The fourth-order valence-electron chi connectivity index (χ4n) is 0.989. The number of rotatable bonds is 7. The molecule has 0 aromatic rings. The van der Waals surface area contributed by atoms with Gasteiger partial charge in [0.25, 0.3) is 0 Å². The van der Waals surface area contributed by atoms with Gasteiger partial charge in [0.15, 0.2) is 0 Å². The number of unbranched alkanes of at least 4 members (excludes halogenated alkanes) is 3. The van der Waals surface area contributed by atoms with E-state index in [1.54, 1.807) is 0 Å². The predicted octanol–water partition coefficient (Wildman–Crippen LogP) is 2.56. The lowest BCUT2D eigenvalue weighted by Gasteiger charge is -2.06. The van der Waals surface area contributed by atoms with Crippen LogP contribution in [0, 0.1) is 5.92 Å². The molecule has 0 aromatic heterocycles. The quantitative estimate of drug-likeness (QED) is 0.503. The van der Waals surface area contributed by atoms with Gasteiger partial charge >= 0.3 is 0 Å². The van der Waals surface area contributed by atoms with Crippen molar-refractivity contribution in [2.24, 2.45) is 5.92 Å². The van der Waals surface area contributed by atoms with E-state index in [2.05, 4.69) is 5.32 Å². The molecule has 78 valence electrons. The number of halogens is 1. The highest BCUT2D eigenvalue weighted by molar-refractivity contribution is 6.17. The SMILES string of the molecule is CC(C)C(=O)NCCCCCCCl. The summed E-state index contributed by atoms with van der Waals surface area (Å²) in [6.45, 7) is 4.62. The zero-order valence-corrected chi connectivity index (χ0v) is 9.36. The van der Waals surface area contributed by atoms with Gasteiger partial charge < -0.3 is 5.32 Å². The number of carbonyl (C=O) groups excluding carboxylic acids is 1. The second kappa shape index (κ2) is 8.36. The van der Waals surface area contributed by atoms with Gasteiger partial charge in [-0.05, 0) is 12.8 Å². The number of hydrogen-bond acceptors (Lipinski definition) is 1. The molecule has 0 aliphatic heterocycles. The van der Waals surface area contributed by atoms with Crippen LogP contribution in [0.15, 0.2) is 0 Å². The largest absolute Gasteiger partial charge is 0.356 e. The van der Waals surface area contributed by atoms with Crippen LogP contribution in [0.3, 0.4) is 0 Å². The van der Waals surface area contributed by atoms with E-state index in [4.69, 9.17) is 11.6 Å². The van der Waals surface area contributed by atoms with Crippen LogP contribution < -0.4 is 5.32 Å². The van der Waals surface area contributed by atoms with Crippen LogP contribution in [0.25, 0.3) is 0 Å². The van der Waals surface area contributed by atoms with E-state index in [0.29, 0.717) is 0 Å². The van der Waals surface area contributed by atoms with Crippen LogP contribution in [0.4, 0.5) is 0 Å². The zero-order chi connectivity index (χ0) is 10.1. The molecular formula is C10H20ClNO. The lowest BCUT2D eigenvalue weighted by atomic mass is 10.2. The van der Waals surface area contributed by atoms with Gasteiger partial charge in [0, 0.05) is 18.3 Å². The van der Waals surface area contributed by atoms with E-state index in [1.165, 1.54) is 6.42 Å². The minimum atomic E-state index is 0.0999. The Hall–Kier alpha value is -0.240. The smallest absolute Gasteiger partial charge is 0.222 e. The first-order valence-corrected chi connectivity index (χ1v) is 5.55. The summed E-state index contributed by atoms with van der Waals surface area (Å²) in [6, 6.07) is 0. The Kier molecular flexibility index (Phi) is 8.21. The summed E-state index contributed by atoms with van der Waals surface area (Å²) in [4.78, 5) is 11.1. The highest BCUT2D eigenvalue weighted by atomic mass is 35.5. The molecule has 3 heteroatoms. The Labute approximate surface area is 86.0 Å². The van der Waals surface area contributed by atoms with E-state index in [0.717, 1.165) is 31.7 Å². The highest BCUT2D eigenvalue weighted by Crippen LogP contribution is 2.00. The van der Waals surface area contributed by atoms with Gasteiger partial charge in [0.2, 0.25) is 5.91 Å². The van der Waals surface area contributed by atoms with E-state index in [1.807, 2.05) is 13.8 Å². The van der Waals surface area contributed by atoms with Crippen molar-refractivity contribution in [3.8, 4) is 0 Å². The monoisotopic (exact) mass is 205 g/mol. The third-order valence-electron chi connectivity index (χ3n) is 1.88. The summed E-state index contributed by atoms with van der Waals surface area (Å²) < 4.78 is 0. The Morgan fingerprint density at radius 1 is 1.23 bits per heavy atom. The number of carbonyl (C=O) groups is 1. The van der Waals surface area contributed by atoms with Gasteiger partial charge in [-0.2, -0.15) is 0 Å². The maximum atomic E-state index is 11.1. The third-order valence-corrected chi connectivity index (χ3v) is 2.15. The Morgan fingerprint density at radius 3 is 2.38 bits per heavy atom. The zero-order valence-electron chi connectivity index (χ0n) is 8.61. The lowest BCUT2D eigenvalue weighted by Crippen LogP contribution is -2.28. The van der Waals surface area contributed by atoms with E-state index in [-0.39, 0.29) is 11.8 Å². The maximum Gasteiger partial charge on any atom is 0.222 e. The highest BCUT2D eigenvalue weighted by Gasteiger charge is 2.04. The summed E-state index contributed by atoms with van der Waals surface area (Å²) in [5.41, 5.74) is 0. The van der Waals surface area contributed by atoms with Gasteiger partial charge in [-0.15, -0.1) is 11.6 Å². The van der Waals surface area contributed by atoms with Crippen molar-refractivity contribution >= 4 is 17.5 Å². The molecule has 2 nitrogen and oxygen atoms in total. The molecule has 0 aliphatic carbocycles. The fourth-order valence-corrected chi connectivity index (χ4v) is 1.18. The van der Waals surface area contributed by atoms with Crippen molar-refractivity contribution in [3.63, 3.8) is 0 Å². The summed E-state index contributed by atoms with van der Waals surface area (Å²) >= 11 is 5.54. The van der Waals surface area contributed by atoms with Crippen LogP contribution >= 0.6 is 11.6 Å². The maximum absolute atomic E-state index is 11.1. The van der Waals surface area contributed by atoms with Crippen molar-refractivity contribution < 1.29 is 4.79 Å². The standard InChI is InChI=1S/C10H20ClNO/c1-9(2)10(13)12-8-6-4-3-5-7-11/h9H,3-8H2,1-2H3,(H,12,13). The van der Waals surface area contributed by atoms with E-state index < -0.39 is 0 Å². The minimum Gasteiger partial charge on any atom is -0.356 e. The number of nitrogens with one attached hydrogen (secondary N) is 1. The molecule has 0 saturated heterocycles. The second-order valence-electron chi connectivity index (χ2n) is 3.55. The number of amides is 1. The van der Waals surface area contributed by atoms with Crippen LogP contribution in [-0.4, -0.2) is 18.3 Å². The average molecular weight is 206 g/mol. The van der Waals surface area contributed by atoms with Crippen LogP contribution in [0.2, 0.25) is 0 Å². The summed E-state index contributed by atoms with van der Waals surface area (Å²) in [7, 11) is 0. The van der Waals surface area contributed by atoms with Crippen molar-refractivity contribution in [2.75, 3.05) is 12.4 Å². The first-order chi connectivity index (χ1) is 6.18. The van der Waals surface area contributed by atoms with E-state index >= 15 is 0 Å². The minimum absolute atomic E-state index is 0.0999. The van der Waals surface area contributed by atoms with E-state index in [9.17, 15) is 4.79 Å². The van der Waals surface area contributed by atoms with Crippen LogP contribution in [0.5, 0.6) is 0 Å². The molecule has 0 heterocycles. The first kappa shape index (κ1) is 12.8. The fraction of sp³-hybridized carbons (Fsp3) is 0.900. The molecule has 0 rings (SSSR count). The molecule has 0 bridgehead atoms. The van der Waals surface area contributed by atoms with Gasteiger partial charge in [-0.1, -0.05) is 26.7 Å². The molecule has 1 N–H and O–H groups in total. The van der Waals surface area contributed by atoms with Gasteiger partial charge in [-0.3, -0.25) is 4.79 Å².